The molecule has 2 aromatic rings. The lowest BCUT2D eigenvalue weighted by molar-refractivity contribution is -0.00435. The standard InChI is InChI=1S/C16H18ClN3O/c17-13-1-3-14(4-2-13)20-8-11(6-18-20)7-19-9-12-5-16(21)15(12)10-19/h1-4,6,8,12,15-16,21H,5,7,9-10H2/t12-,15+,16+/m1/s1. The Morgan fingerprint density at radius 3 is 2.76 bits per heavy atom. The molecule has 0 radical (unpaired) electrons. The first kappa shape index (κ1) is 13.3. The molecule has 5 heteroatoms. The average Bonchev–Trinajstić information content (AvgIpc) is 3.05. The molecule has 2 aliphatic rings. The first-order chi connectivity index (χ1) is 10.2. The third-order valence-electron chi connectivity index (χ3n) is 4.74. The van der Waals surface area contributed by atoms with Crippen molar-refractivity contribution in [1.82, 2.24) is 14.7 Å². The van der Waals surface area contributed by atoms with Crippen LogP contribution in [0.2, 0.25) is 5.02 Å². The lowest BCUT2D eigenvalue weighted by Gasteiger charge is -2.35. The van der Waals surface area contributed by atoms with Gasteiger partial charge in [0.25, 0.3) is 0 Å². The van der Waals surface area contributed by atoms with Gasteiger partial charge in [0.15, 0.2) is 0 Å². The summed E-state index contributed by atoms with van der Waals surface area (Å²) >= 11 is 5.91. The predicted octanol–water partition coefficient (Wildman–Crippen LogP) is 2.34. The van der Waals surface area contributed by atoms with Gasteiger partial charge >= 0.3 is 0 Å². The largest absolute Gasteiger partial charge is 0.393 e. The van der Waals surface area contributed by atoms with Crippen LogP contribution in [-0.2, 0) is 6.54 Å². The Labute approximate surface area is 128 Å². The molecule has 4 rings (SSSR count). The molecule has 0 bridgehead atoms. The molecule has 3 atom stereocenters. The van der Waals surface area contributed by atoms with Gasteiger partial charge in [-0.3, -0.25) is 4.90 Å². The smallest absolute Gasteiger partial charge is 0.0646 e. The van der Waals surface area contributed by atoms with Crippen molar-refractivity contribution in [2.24, 2.45) is 11.8 Å². The summed E-state index contributed by atoms with van der Waals surface area (Å²) in [5.41, 5.74) is 2.23. The molecule has 1 N–H and O–H groups in total. The quantitative estimate of drug-likeness (QED) is 0.946. The van der Waals surface area contributed by atoms with Gasteiger partial charge in [-0.1, -0.05) is 11.6 Å². The van der Waals surface area contributed by atoms with E-state index >= 15 is 0 Å². The molecule has 2 fully saturated rings. The second-order valence-electron chi connectivity index (χ2n) is 6.19. The number of benzene rings is 1. The molecule has 4 nitrogen and oxygen atoms in total. The Morgan fingerprint density at radius 2 is 2.05 bits per heavy atom. The van der Waals surface area contributed by atoms with Gasteiger partial charge in [0.1, 0.15) is 0 Å². The first-order valence-electron chi connectivity index (χ1n) is 7.39. The van der Waals surface area contributed by atoms with Crippen LogP contribution in [0.3, 0.4) is 0 Å². The molecule has 1 aromatic carbocycles. The second-order valence-corrected chi connectivity index (χ2v) is 6.63. The van der Waals surface area contributed by atoms with Crippen molar-refractivity contribution in [3.63, 3.8) is 0 Å². The lowest BCUT2D eigenvalue weighted by Crippen LogP contribution is -2.39. The molecule has 2 heterocycles. The van der Waals surface area contributed by atoms with Crippen molar-refractivity contribution in [3.05, 3.63) is 47.2 Å². The zero-order valence-corrected chi connectivity index (χ0v) is 12.4. The molecule has 1 saturated heterocycles. The van der Waals surface area contributed by atoms with Crippen LogP contribution < -0.4 is 0 Å². The van der Waals surface area contributed by atoms with Gasteiger partial charge in [0, 0.05) is 42.3 Å². The van der Waals surface area contributed by atoms with E-state index in [0.29, 0.717) is 11.8 Å². The highest BCUT2D eigenvalue weighted by molar-refractivity contribution is 6.30. The Balaban J connectivity index is 1.44. The minimum absolute atomic E-state index is 0.0724. The van der Waals surface area contributed by atoms with Crippen LogP contribution in [-0.4, -0.2) is 39.0 Å². The molecule has 0 unspecified atom stereocenters. The highest BCUT2D eigenvalue weighted by Crippen LogP contribution is 2.41. The number of likely N-dealkylation sites (tertiary alicyclic amines) is 1. The van der Waals surface area contributed by atoms with Gasteiger partial charge in [-0.15, -0.1) is 0 Å². The zero-order valence-electron chi connectivity index (χ0n) is 11.7. The fraction of sp³-hybridized carbons (Fsp3) is 0.438. The van der Waals surface area contributed by atoms with E-state index in [1.54, 1.807) is 0 Å². The van der Waals surface area contributed by atoms with Crippen molar-refractivity contribution in [2.75, 3.05) is 13.1 Å². The summed E-state index contributed by atoms with van der Waals surface area (Å²) in [7, 11) is 0. The minimum atomic E-state index is -0.0724. The van der Waals surface area contributed by atoms with Gasteiger partial charge in [-0.2, -0.15) is 5.10 Å². The number of rotatable bonds is 3. The molecule has 1 aliphatic carbocycles. The van der Waals surface area contributed by atoms with E-state index in [-0.39, 0.29) is 6.10 Å². The number of hydrogen-bond donors (Lipinski definition) is 1. The normalized spacial score (nSPS) is 28.4. The highest BCUT2D eigenvalue weighted by atomic mass is 35.5. The van der Waals surface area contributed by atoms with E-state index in [1.807, 2.05) is 35.1 Å². The predicted molar refractivity (Wildman–Crippen MR) is 81.5 cm³/mol. The molecule has 1 aliphatic heterocycles. The number of hydrogen-bond acceptors (Lipinski definition) is 3. The number of nitrogens with zero attached hydrogens (tertiary/aromatic N) is 3. The maximum absolute atomic E-state index is 9.72. The minimum Gasteiger partial charge on any atom is -0.393 e. The van der Waals surface area contributed by atoms with Crippen molar-refractivity contribution in [1.29, 1.82) is 0 Å². The van der Waals surface area contributed by atoms with Crippen LogP contribution in [0.5, 0.6) is 0 Å². The van der Waals surface area contributed by atoms with Crippen molar-refractivity contribution in [2.45, 2.75) is 19.1 Å². The van der Waals surface area contributed by atoms with Crippen molar-refractivity contribution < 1.29 is 5.11 Å². The molecular weight excluding hydrogens is 286 g/mol. The summed E-state index contributed by atoms with van der Waals surface area (Å²) in [6, 6.07) is 7.67. The third-order valence-corrected chi connectivity index (χ3v) is 4.99. The van der Waals surface area contributed by atoms with Gasteiger partial charge in [-0.25, -0.2) is 4.68 Å². The fourth-order valence-corrected chi connectivity index (χ4v) is 3.65. The summed E-state index contributed by atoms with van der Waals surface area (Å²) in [4.78, 5) is 2.43. The fourth-order valence-electron chi connectivity index (χ4n) is 3.53. The Bertz CT molecular complexity index is 639. The van der Waals surface area contributed by atoms with Crippen LogP contribution >= 0.6 is 11.6 Å². The average molecular weight is 304 g/mol. The van der Waals surface area contributed by atoms with E-state index in [4.69, 9.17) is 11.6 Å². The Kier molecular flexibility index (Phi) is 3.25. The maximum atomic E-state index is 9.72. The van der Waals surface area contributed by atoms with Gasteiger partial charge in [-0.05, 0) is 36.6 Å². The number of fused-ring (bicyclic) bond motifs is 1. The molecule has 1 aromatic heterocycles. The van der Waals surface area contributed by atoms with Crippen LogP contribution in [0.1, 0.15) is 12.0 Å². The summed E-state index contributed by atoms with van der Waals surface area (Å²) in [6.45, 7) is 3.03. The molecule has 0 amide bonds. The number of aliphatic hydroxyl groups excluding tert-OH is 1. The van der Waals surface area contributed by atoms with E-state index in [1.165, 1.54) is 5.56 Å². The lowest BCUT2D eigenvalue weighted by atomic mass is 9.74. The van der Waals surface area contributed by atoms with E-state index in [9.17, 15) is 5.11 Å². The van der Waals surface area contributed by atoms with Crippen LogP contribution in [0.25, 0.3) is 5.69 Å². The number of aromatic nitrogens is 2. The summed E-state index contributed by atoms with van der Waals surface area (Å²) in [5, 5.41) is 14.9. The van der Waals surface area contributed by atoms with Crippen LogP contribution in [0.4, 0.5) is 0 Å². The monoisotopic (exact) mass is 303 g/mol. The molecule has 21 heavy (non-hydrogen) atoms. The zero-order chi connectivity index (χ0) is 14.4. The molecular formula is C16H18ClN3O. The topological polar surface area (TPSA) is 41.3 Å². The first-order valence-corrected chi connectivity index (χ1v) is 7.77. The van der Waals surface area contributed by atoms with Gasteiger partial charge < -0.3 is 5.11 Å². The summed E-state index contributed by atoms with van der Waals surface area (Å²) in [6.07, 6.45) is 4.90. The van der Waals surface area contributed by atoms with E-state index in [2.05, 4.69) is 16.2 Å². The number of halogens is 1. The molecule has 0 spiro atoms. The summed E-state index contributed by atoms with van der Waals surface area (Å²) < 4.78 is 1.88. The van der Waals surface area contributed by atoms with Crippen molar-refractivity contribution >= 4 is 11.6 Å². The maximum Gasteiger partial charge on any atom is 0.0646 e. The third kappa shape index (κ3) is 2.48. The van der Waals surface area contributed by atoms with Crippen LogP contribution in [0.15, 0.2) is 36.7 Å². The van der Waals surface area contributed by atoms with E-state index in [0.717, 1.165) is 36.8 Å². The SMILES string of the molecule is O[C@H]1C[C@@H]2CN(Cc3cnn(-c4ccc(Cl)cc4)c3)C[C@@H]21. The molecule has 110 valence electrons. The van der Waals surface area contributed by atoms with E-state index < -0.39 is 0 Å². The van der Waals surface area contributed by atoms with Gasteiger partial charge in [0.2, 0.25) is 0 Å². The Hall–Kier alpha value is -1.36. The Morgan fingerprint density at radius 1 is 1.24 bits per heavy atom. The highest BCUT2D eigenvalue weighted by Gasteiger charge is 2.45. The van der Waals surface area contributed by atoms with Gasteiger partial charge in [0.05, 0.1) is 18.0 Å². The second kappa shape index (κ2) is 5.13. The van der Waals surface area contributed by atoms with Crippen molar-refractivity contribution in [3.8, 4) is 5.69 Å². The number of aliphatic hydroxyl groups is 1. The van der Waals surface area contributed by atoms with Crippen LogP contribution in [0, 0.1) is 11.8 Å². The summed E-state index contributed by atoms with van der Waals surface area (Å²) in [5.74, 6) is 1.20. The molecule has 1 saturated carbocycles.